The molecule has 0 aromatic heterocycles. The van der Waals surface area contributed by atoms with Crippen LogP contribution < -0.4 is 5.32 Å². The second-order valence-electron chi connectivity index (χ2n) is 9.47. The van der Waals surface area contributed by atoms with Crippen LogP contribution in [0.15, 0.2) is 47.8 Å². The fraction of sp³-hybridized carbons (Fsp3) is 0.538. The molecule has 6 nitrogen and oxygen atoms in total. The van der Waals surface area contributed by atoms with Crippen LogP contribution in [0.2, 0.25) is 0 Å². The number of nitrogens with zero attached hydrogens (tertiary/aromatic N) is 3. The number of carbonyl (C=O) groups is 2. The number of nitrogens with one attached hydrogen (secondary N) is 1. The molecule has 0 spiro atoms. The number of piperidine rings is 1. The Bertz CT molecular complexity index is 897. The molecule has 1 aromatic carbocycles. The highest BCUT2D eigenvalue weighted by Gasteiger charge is 2.29. The number of likely N-dealkylation sites (N-methyl/N-ethyl adjacent to an activating group) is 1. The van der Waals surface area contributed by atoms with Crippen LogP contribution in [0, 0.1) is 6.92 Å². The van der Waals surface area contributed by atoms with Crippen LogP contribution in [0.4, 0.5) is 4.79 Å². The lowest BCUT2D eigenvalue weighted by atomic mass is 9.89. The predicted octanol–water partition coefficient (Wildman–Crippen LogP) is 4.00. The molecular weight excluding hydrogens is 400 g/mol. The lowest BCUT2D eigenvalue weighted by molar-refractivity contribution is -0.129. The summed E-state index contributed by atoms with van der Waals surface area (Å²) in [5, 5.41) is 3.14. The number of rotatable bonds is 4. The van der Waals surface area contributed by atoms with Crippen LogP contribution in [-0.4, -0.2) is 65.9 Å². The molecule has 6 heteroatoms. The van der Waals surface area contributed by atoms with Gasteiger partial charge in [-0.2, -0.15) is 0 Å². The Morgan fingerprint density at radius 3 is 2.34 bits per heavy atom. The number of benzene rings is 1. The molecule has 1 aromatic rings. The van der Waals surface area contributed by atoms with E-state index in [-0.39, 0.29) is 11.9 Å². The smallest absolute Gasteiger partial charge is 0.321 e. The maximum atomic E-state index is 12.8. The van der Waals surface area contributed by atoms with Gasteiger partial charge in [0.15, 0.2) is 0 Å². The quantitative estimate of drug-likeness (QED) is 0.776. The van der Waals surface area contributed by atoms with Crippen molar-refractivity contribution in [1.82, 2.24) is 20.0 Å². The van der Waals surface area contributed by atoms with Gasteiger partial charge >= 0.3 is 6.03 Å². The fourth-order valence-corrected chi connectivity index (χ4v) is 5.04. The molecule has 0 radical (unpaired) electrons. The summed E-state index contributed by atoms with van der Waals surface area (Å²) in [7, 11) is 1.89. The van der Waals surface area contributed by atoms with Crippen molar-refractivity contribution in [3.05, 3.63) is 58.9 Å². The van der Waals surface area contributed by atoms with E-state index in [2.05, 4.69) is 53.6 Å². The van der Waals surface area contributed by atoms with E-state index < -0.39 is 0 Å². The number of amides is 3. The molecule has 1 aliphatic carbocycles. The Morgan fingerprint density at radius 2 is 1.72 bits per heavy atom. The van der Waals surface area contributed by atoms with E-state index in [9.17, 15) is 9.59 Å². The Hall–Kier alpha value is -2.76. The van der Waals surface area contributed by atoms with Gasteiger partial charge in [0.2, 0.25) is 5.91 Å². The summed E-state index contributed by atoms with van der Waals surface area (Å²) in [6.07, 6.45) is 9.02. The number of aryl methyl sites for hydroxylation is 1. The molecule has 0 saturated carbocycles. The van der Waals surface area contributed by atoms with Crippen LogP contribution in [0.5, 0.6) is 0 Å². The average molecular weight is 437 g/mol. The number of hydrogen-bond donors (Lipinski definition) is 1. The van der Waals surface area contributed by atoms with E-state index in [1.54, 1.807) is 6.92 Å². The minimum Gasteiger partial charge on any atom is -0.373 e. The molecular formula is C26H36N4O2. The number of carbonyl (C=O) groups excluding carboxylic acids is 2. The normalized spacial score (nSPS) is 21.8. The lowest BCUT2D eigenvalue weighted by Gasteiger charge is -2.33. The third-order valence-electron chi connectivity index (χ3n) is 7.34. The second-order valence-corrected chi connectivity index (χ2v) is 9.47. The third-order valence-corrected chi connectivity index (χ3v) is 7.34. The first-order chi connectivity index (χ1) is 15.4. The lowest BCUT2D eigenvalue weighted by Crippen LogP contribution is -2.44. The van der Waals surface area contributed by atoms with Crippen molar-refractivity contribution in [2.75, 3.05) is 33.2 Å². The van der Waals surface area contributed by atoms with Gasteiger partial charge in [-0.05, 0) is 62.7 Å². The summed E-state index contributed by atoms with van der Waals surface area (Å²) in [6, 6.07) is 9.13. The number of hydrogen-bond acceptors (Lipinski definition) is 3. The van der Waals surface area contributed by atoms with Gasteiger partial charge in [0, 0.05) is 51.5 Å². The highest BCUT2D eigenvalue weighted by Crippen LogP contribution is 2.29. The molecule has 1 unspecified atom stereocenters. The molecule has 2 aliphatic heterocycles. The first kappa shape index (κ1) is 22.4. The standard InChI is InChI=1S/C26H36N4O2/c1-19-4-6-21(7-5-19)22-12-15-29(16-13-22)26(32)27-23-8-10-24(11-9-23)30-17-14-25(18-30)28(3)20(2)31/h4-8,10,22,25H,9,11-18H2,1-3H3,(H,27,32). The predicted molar refractivity (Wildman–Crippen MR) is 127 cm³/mol. The monoisotopic (exact) mass is 436 g/mol. The molecule has 2 fully saturated rings. The maximum Gasteiger partial charge on any atom is 0.321 e. The Labute approximate surface area is 191 Å². The Morgan fingerprint density at radius 1 is 1.00 bits per heavy atom. The largest absolute Gasteiger partial charge is 0.373 e. The van der Waals surface area contributed by atoms with E-state index in [1.807, 2.05) is 16.8 Å². The average Bonchev–Trinajstić information content (AvgIpc) is 3.30. The van der Waals surface area contributed by atoms with Crippen LogP contribution in [0.1, 0.15) is 56.1 Å². The summed E-state index contributed by atoms with van der Waals surface area (Å²) < 4.78 is 0. The molecule has 1 atom stereocenters. The van der Waals surface area contributed by atoms with Gasteiger partial charge in [-0.3, -0.25) is 4.79 Å². The van der Waals surface area contributed by atoms with E-state index in [1.165, 1.54) is 16.8 Å². The minimum absolute atomic E-state index is 0.0276. The summed E-state index contributed by atoms with van der Waals surface area (Å²) >= 11 is 0. The molecule has 3 aliphatic rings. The van der Waals surface area contributed by atoms with Crippen LogP contribution in [-0.2, 0) is 4.79 Å². The molecule has 172 valence electrons. The van der Waals surface area contributed by atoms with Gasteiger partial charge in [-0.25, -0.2) is 4.79 Å². The van der Waals surface area contributed by atoms with Crippen LogP contribution in [0.3, 0.4) is 0 Å². The Balaban J connectivity index is 1.26. The van der Waals surface area contributed by atoms with Crippen molar-refractivity contribution in [2.45, 2.75) is 57.9 Å². The van der Waals surface area contributed by atoms with Crippen molar-refractivity contribution in [1.29, 1.82) is 0 Å². The van der Waals surface area contributed by atoms with E-state index in [0.29, 0.717) is 12.0 Å². The molecule has 0 bridgehead atoms. The van der Waals surface area contributed by atoms with Gasteiger partial charge < -0.3 is 20.0 Å². The van der Waals surface area contributed by atoms with Gasteiger partial charge in [0.1, 0.15) is 0 Å². The molecule has 3 amide bonds. The summed E-state index contributed by atoms with van der Waals surface area (Å²) in [4.78, 5) is 30.6. The summed E-state index contributed by atoms with van der Waals surface area (Å²) in [6.45, 7) is 7.23. The van der Waals surface area contributed by atoms with Crippen molar-refractivity contribution in [3.63, 3.8) is 0 Å². The summed E-state index contributed by atoms with van der Waals surface area (Å²) in [5.74, 6) is 0.674. The molecule has 32 heavy (non-hydrogen) atoms. The van der Waals surface area contributed by atoms with Crippen molar-refractivity contribution in [3.8, 4) is 0 Å². The first-order valence-electron chi connectivity index (χ1n) is 11.9. The van der Waals surface area contributed by atoms with Crippen molar-refractivity contribution < 1.29 is 9.59 Å². The SMILES string of the molecule is CC(=O)N(C)C1CCN(C2=CC=C(NC(=O)N3CCC(c4ccc(C)cc4)CC3)CC2)C1. The zero-order chi connectivity index (χ0) is 22.7. The van der Waals surface area contributed by atoms with Gasteiger partial charge in [0.05, 0.1) is 6.04 Å². The van der Waals surface area contributed by atoms with Crippen molar-refractivity contribution >= 4 is 11.9 Å². The zero-order valence-electron chi connectivity index (χ0n) is 19.6. The molecule has 2 heterocycles. The zero-order valence-corrected chi connectivity index (χ0v) is 19.6. The highest BCUT2D eigenvalue weighted by atomic mass is 16.2. The topological polar surface area (TPSA) is 55.9 Å². The number of likely N-dealkylation sites (tertiary alicyclic amines) is 2. The third kappa shape index (κ3) is 5.17. The van der Waals surface area contributed by atoms with E-state index >= 15 is 0 Å². The van der Waals surface area contributed by atoms with Gasteiger partial charge in [-0.1, -0.05) is 29.8 Å². The van der Waals surface area contributed by atoms with Gasteiger partial charge in [0.25, 0.3) is 0 Å². The van der Waals surface area contributed by atoms with E-state index in [0.717, 1.165) is 64.0 Å². The second kappa shape index (κ2) is 9.80. The fourth-order valence-electron chi connectivity index (χ4n) is 5.04. The van der Waals surface area contributed by atoms with Gasteiger partial charge in [-0.15, -0.1) is 0 Å². The van der Waals surface area contributed by atoms with Crippen molar-refractivity contribution in [2.24, 2.45) is 0 Å². The van der Waals surface area contributed by atoms with E-state index in [4.69, 9.17) is 0 Å². The summed E-state index contributed by atoms with van der Waals surface area (Å²) in [5.41, 5.74) is 4.98. The van der Waals surface area contributed by atoms with Crippen LogP contribution in [0.25, 0.3) is 0 Å². The Kier molecular flexibility index (Phi) is 6.87. The molecule has 1 N–H and O–H groups in total. The minimum atomic E-state index is 0.0276. The number of allylic oxidation sites excluding steroid dienone is 4. The van der Waals surface area contributed by atoms with Crippen LogP contribution >= 0.6 is 0 Å². The molecule has 2 saturated heterocycles. The first-order valence-corrected chi connectivity index (χ1v) is 11.9. The highest BCUT2D eigenvalue weighted by molar-refractivity contribution is 5.76. The maximum absolute atomic E-state index is 12.8. The molecule has 4 rings (SSSR count). The number of urea groups is 1.